The first-order chi connectivity index (χ1) is 11.0. The highest BCUT2D eigenvalue weighted by atomic mass is 35.5. The van der Waals surface area contributed by atoms with Gasteiger partial charge in [-0.25, -0.2) is 4.79 Å². The molecule has 0 spiro atoms. The van der Waals surface area contributed by atoms with E-state index in [4.69, 9.17) is 25.8 Å². The summed E-state index contributed by atoms with van der Waals surface area (Å²) in [5.74, 6) is 0.256. The molecule has 0 aromatic heterocycles. The summed E-state index contributed by atoms with van der Waals surface area (Å²) in [5, 5.41) is 0.585. The lowest BCUT2D eigenvalue weighted by Gasteiger charge is -2.12. The first-order valence-corrected chi connectivity index (χ1v) is 7.14. The van der Waals surface area contributed by atoms with Gasteiger partial charge in [0.2, 0.25) is 0 Å². The van der Waals surface area contributed by atoms with Crippen LogP contribution in [-0.2, 0) is 4.79 Å². The molecule has 23 heavy (non-hydrogen) atoms. The Morgan fingerprint density at radius 3 is 2.65 bits per heavy atom. The molecule has 0 aliphatic heterocycles. The summed E-state index contributed by atoms with van der Waals surface area (Å²) in [6.45, 7) is 1.51. The number of aryl methyl sites for hydroxylation is 1. The maximum Gasteiger partial charge on any atom is 0.349 e. The Morgan fingerprint density at radius 1 is 1.22 bits per heavy atom. The number of halogens is 1. The summed E-state index contributed by atoms with van der Waals surface area (Å²) in [6.07, 6.45) is 0.593. The van der Waals surface area contributed by atoms with Gasteiger partial charge in [-0.3, -0.25) is 4.79 Å². The molecule has 0 aliphatic rings. The molecule has 0 unspecified atom stereocenters. The van der Waals surface area contributed by atoms with Gasteiger partial charge in [-0.15, -0.1) is 0 Å². The van der Waals surface area contributed by atoms with Crippen LogP contribution < -0.4 is 14.2 Å². The van der Waals surface area contributed by atoms with Crippen LogP contribution >= 0.6 is 11.6 Å². The number of aldehydes is 1. The van der Waals surface area contributed by atoms with Crippen LogP contribution in [0.4, 0.5) is 0 Å². The summed E-state index contributed by atoms with van der Waals surface area (Å²) >= 11 is 5.86. The fourth-order valence-electron chi connectivity index (χ4n) is 1.95. The smallest absolute Gasteiger partial charge is 0.349 e. The Hall–Kier alpha value is -2.53. The Labute approximate surface area is 138 Å². The third-order valence-corrected chi connectivity index (χ3v) is 3.29. The summed E-state index contributed by atoms with van der Waals surface area (Å²) < 4.78 is 15.7. The molecule has 0 aliphatic carbocycles. The molecule has 0 radical (unpaired) electrons. The zero-order valence-electron chi connectivity index (χ0n) is 12.7. The number of para-hydroxylation sites is 1. The minimum atomic E-state index is -0.646. The highest BCUT2D eigenvalue weighted by Crippen LogP contribution is 2.30. The summed E-state index contributed by atoms with van der Waals surface area (Å²) in [6, 6.07) is 9.83. The third-order valence-electron chi connectivity index (χ3n) is 3.05. The molecular formula is C17H15ClO5. The average Bonchev–Trinajstić information content (AvgIpc) is 2.54. The van der Waals surface area contributed by atoms with Crippen LogP contribution in [0.15, 0.2) is 36.4 Å². The minimum absolute atomic E-state index is 0.0754. The second kappa shape index (κ2) is 7.65. The minimum Gasteiger partial charge on any atom is -0.493 e. The van der Waals surface area contributed by atoms with Gasteiger partial charge in [-0.05, 0) is 42.8 Å². The van der Waals surface area contributed by atoms with E-state index < -0.39 is 5.97 Å². The van der Waals surface area contributed by atoms with Crippen molar-refractivity contribution in [2.75, 3.05) is 13.7 Å². The van der Waals surface area contributed by atoms with Gasteiger partial charge in [-0.2, -0.15) is 0 Å². The van der Waals surface area contributed by atoms with E-state index in [1.165, 1.54) is 13.2 Å². The third kappa shape index (κ3) is 4.23. The summed E-state index contributed by atoms with van der Waals surface area (Å²) in [4.78, 5) is 23.0. The van der Waals surface area contributed by atoms with Crippen LogP contribution in [0.25, 0.3) is 0 Å². The van der Waals surface area contributed by atoms with E-state index in [2.05, 4.69) is 0 Å². The Bertz CT molecular complexity index is 727. The molecule has 0 bridgehead atoms. The van der Waals surface area contributed by atoms with Crippen LogP contribution in [0.3, 0.4) is 0 Å². The van der Waals surface area contributed by atoms with Gasteiger partial charge in [0.1, 0.15) is 5.75 Å². The van der Waals surface area contributed by atoms with Crippen LogP contribution in [0, 0.1) is 6.92 Å². The molecule has 5 nitrogen and oxygen atoms in total. The van der Waals surface area contributed by atoms with Crippen molar-refractivity contribution in [2.24, 2.45) is 0 Å². The molecule has 2 rings (SSSR count). The highest BCUT2D eigenvalue weighted by molar-refractivity contribution is 6.30. The number of hydrogen-bond acceptors (Lipinski definition) is 5. The van der Waals surface area contributed by atoms with Gasteiger partial charge in [-0.1, -0.05) is 17.7 Å². The second-order valence-corrected chi connectivity index (χ2v) is 5.11. The van der Waals surface area contributed by atoms with Crippen molar-refractivity contribution < 1.29 is 23.8 Å². The molecule has 2 aromatic carbocycles. The fourth-order valence-corrected chi connectivity index (χ4v) is 2.18. The molecule has 0 fully saturated rings. The highest BCUT2D eigenvalue weighted by Gasteiger charge is 2.15. The van der Waals surface area contributed by atoms with Gasteiger partial charge in [0.15, 0.2) is 24.4 Å². The van der Waals surface area contributed by atoms with E-state index in [1.807, 2.05) is 6.92 Å². The van der Waals surface area contributed by atoms with E-state index in [1.54, 1.807) is 30.3 Å². The fraction of sp³-hybridized carbons (Fsp3) is 0.176. The maximum atomic E-state index is 12.0. The van der Waals surface area contributed by atoms with Gasteiger partial charge in [0, 0.05) is 5.02 Å². The Balaban J connectivity index is 2.07. The van der Waals surface area contributed by atoms with Gasteiger partial charge >= 0.3 is 5.97 Å². The number of ether oxygens (including phenoxy) is 3. The molecule has 0 saturated heterocycles. The number of benzene rings is 2. The van der Waals surface area contributed by atoms with Crippen molar-refractivity contribution in [3.05, 3.63) is 52.5 Å². The number of esters is 1. The van der Waals surface area contributed by atoms with Crippen molar-refractivity contribution in [2.45, 2.75) is 6.92 Å². The first kappa shape index (κ1) is 16.8. The molecule has 0 atom stereocenters. The van der Waals surface area contributed by atoms with Crippen molar-refractivity contribution in [1.29, 1.82) is 0 Å². The van der Waals surface area contributed by atoms with E-state index in [0.717, 1.165) is 5.56 Å². The van der Waals surface area contributed by atoms with Crippen LogP contribution in [0.1, 0.15) is 15.9 Å². The quantitative estimate of drug-likeness (QED) is 0.460. The number of carbonyl (C=O) groups is 2. The molecule has 0 amide bonds. The Kier molecular flexibility index (Phi) is 5.60. The van der Waals surface area contributed by atoms with Crippen LogP contribution in [0.2, 0.25) is 5.02 Å². The molecular weight excluding hydrogens is 320 g/mol. The SMILES string of the molecule is COc1cccc(C=O)c1OC(=O)COc1ccc(Cl)cc1C. The largest absolute Gasteiger partial charge is 0.493 e. The number of hydrogen-bond donors (Lipinski definition) is 0. The molecule has 0 saturated carbocycles. The van der Waals surface area contributed by atoms with Gasteiger partial charge < -0.3 is 14.2 Å². The second-order valence-electron chi connectivity index (χ2n) is 4.67. The lowest BCUT2D eigenvalue weighted by atomic mass is 10.2. The zero-order valence-corrected chi connectivity index (χ0v) is 13.4. The van der Waals surface area contributed by atoms with E-state index in [0.29, 0.717) is 22.8 Å². The molecule has 2 aromatic rings. The molecule has 6 heteroatoms. The zero-order chi connectivity index (χ0) is 16.8. The monoisotopic (exact) mass is 334 g/mol. The predicted molar refractivity (Wildman–Crippen MR) is 85.7 cm³/mol. The topological polar surface area (TPSA) is 61.8 Å². The number of rotatable bonds is 6. The number of carbonyl (C=O) groups excluding carboxylic acids is 2. The van der Waals surface area contributed by atoms with Gasteiger partial charge in [0.05, 0.1) is 12.7 Å². The molecule has 0 heterocycles. The molecule has 120 valence electrons. The van der Waals surface area contributed by atoms with E-state index in [-0.39, 0.29) is 17.9 Å². The Morgan fingerprint density at radius 2 is 2.00 bits per heavy atom. The average molecular weight is 335 g/mol. The first-order valence-electron chi connectivity index (χ1n) is 6.77. The van der Waals surface area contributed by atoms with E-state index >= 15 is 0 Å². The van der Waals surface area contributed by atoms with Crippen LogP contribution in [0.5, 0.6) is 17.2 Å². The summed E-state index contributed by atoms with van der Waals surface area (Å²) in [7, 11) is 1.43. The van der Waals surface area contributed by atoms with Crippen LogP contribution in [-0.4, -0.2) is 26.0 Å². The van der Waals surface area contributed by atoms with Crippen molar-refractivity contribution in [3.8, 4) is 17.2 Å². The lowest BCUT2D eigenvalue weighted by molar-refractivity contribution is -0.136. The van der Waals surface area contributed by atoms with E-state index in [9.17, 15) is 9.59 Å². The van der Waals surface area contributed by atoms with Crippen molar-refractivity contribution in [3.63, 3.8) is 0 Å². The lowest BCUT2D eigenvalue weighted by Crippen LogP contribution is -2.19. The van der Waals surface area contributed by atoms with Crippen molar-refractivity contribution >= 4 is 23.9 Å². The maximum absolute atomic E-state index is 12.0. The molecule has 0 N–H and O–H groups in total. The normalized spacial score (nSPS) is 10.0. The predicted octanol–water partition coefficient (Wildman–Crippen LogP) is 3.45. The van der Waals surface area contributed by atoms with Gasteiger partial charge in [0.25, 0.3) is 0 Å². The van der Waals surface area contributed by atoms with Crippen molar-refractivity contribution in [1.82, 2.24) is 0 Å². The number of methoxy groups -OCH3 is 1. The summed E-state index contributed by atoms with van der Waals surface area (Å²) in [5.41, 5.74) is 1.02. The standard InChI is InChI=1S/C17H15ClO5/c1-11-8-13(18)6-7-14(11)22-10-16(20)23-17-12(9-19)4-3-5-15(17)21-2/h3-9H,10H2,1-2H3.